The number of nitrogens with zero attached hydrogens (tertiary/aromatic N) is 1. The second-order valence-corrected chi connectivity index (χ2v) is 2.07. The van der Waals surface area contributed by atoms with Gasteiger partial charge in [-0.25, -0.2) is 9.78 Å². The van der Waals surface area contributed by atoms with Crippen molar-refractivity contribution in [3.05, 3.63) is 23.8 Å². The second-order valence-electron chi connectivity index (χ2n) is 2.07. The largest absolute Gasteiger partial charge is 0.464 e. The fourth-order valence-corrected chi connectivity index (χ4v) is 0.663. The number of pyridine rings is 1. The topological polar surface area (TPSA) is 39.2 Å². The van der Waals surface area contributed by atoms with E-state index < -0.39 is 11.9 Å². The Balaban J connectivity index is 3.05. The van der Waals surface area contributed by atoms with Crippen molar-refractivity contribution in [1.82, 2.24) is 4.98 Å². The van der Waals surface area contributed by atoms with Crippen molar-refractivity contribution >= 4 is 19.3 Å². The van der Waals surface area contributed by atoms with Crippen molar-refractivity contribution in [2.75, 3.05) is 7.11 Å². The van der Waals surface area contributed by atoms with Crippen LogP contribution in [0.1, 0.15) is 10.5 Å². The first kappa shape index (κ1) is 8.71. The summed E-state index contributed by atoms with van der Waals surface area (Å²) in [6, 6.07) is 2.55. The monoisotopic (exact) mass is 165 g/mol. The molecule has 0 aliphatic rings. The van der Waals surface area contributed by atoms with Crippen LogP contribution in [0.25, 0.3) is 0 Å². The van der Waals surface area contributed by atoms with E-state index in [2.05, 4.69) is 9.72 Å². The van der Waals surface area contributed by atoms with Gasteiger partial charge >= 0.3 is 5.97 Å². The summed E-state index contributed by atoms with van der Waals surface area (Å²) in [6.45, 7) is 0. The van der Waals surface area contributed by atoms with E-state index in [0.29, 0.717) is 0 Å². The molecule has 2 radical (unpaired) electrons. The first-order valence-electron chi connectivity index (χ1n) is 3.15. The first-order valence-corrected chi connectivity index (χ1v) is 3.15. The molecule has 0 saturated heterocycles. The van der Waals surface area contributed by atoms with Gasteiger partial charge in [-0.15, -0.1) is 0 Å². The van der Waals surface area contributed by atoms with Crippen molar-refractivity contribution in [3.8, 4) is 0 Å². The van der Waals surface area contributed by atoms with Gasteiger partial charge in [0.15, 0.2) is 5.69 Å². The van der Waals surface area contributed by atoms with E-state index in [1.807, 2.05) is 0 Å². The maximum absolute atomic E-state index is 12.6. The van der Waals surface area contributed by atoms with Crippen LogP contribution in [-0.2, 0) is 4.74 Å². The van der Waals surface area contributed by atoms with Crippen LogP contribution in [0.2, 0.25) is 0 Å². The predicted molar refractivity (Wildman–Crippen MR) is 40.9 cm³/mol. The van der Waals surface area contributed by atoms with Gasteiger partial charge in [0.05, 0.1) is 7.11 Å². The number of methoxy groups -OCH3 is 1. The van der Waals surface area contributed by atoms with Crippen molar-refractivity contribution in [2.45, 2.75) is 0 Å². The quantitative estimate of drug-likeness (QED) is 0.328. The Kier molecular flexibility index (Phi) is 2.42. The summed E-state index contributed by atoms with van der Waals surface area (Å²) >= 11 is 0. The smallest absolute Gasteiger partial charge is 0.356 e. The Hall–Kier alpha value is -1.39. The van der Waals surface area contributed by atoms with Gasteiger partial charge < -0.3 is 4.74 Å². The summed E-state index contributed by atoms with van der Waals surface area (Å²) in [5.74, 6) is -1.55. The van der Waals surface area contributed by atoms with Crippen LogP contribution in [0.5, 0.6) is 0 Å². The summed E-state index contributed by atoms with van der Waals surface area (Å²) in [5.41, 5.74) is -0.188. The summed E-state index contributed by atoms with van der Waals surface area (Å²) in [6.07, 6.45) is 0. The third-order valence-electron chi connectivity index (χ3n) is 1.27. The number of rotatable bonds is 1. The number of esters is 1. The molecule has 1 aromatic rings. The summed E-state index contributed by atoms with van der Waals surface area (Å²) < 4.78 is 17.0. The molecule has 0 N–H and O–H groups in total. The molecule has 3 nitrogen and oxygen atoms in total. The van der Waals surface area contributed by atoms with Crippen LogP contribution in [0.4, 0.5) is 4.39 Å². The molecule has 0 atom stereocenters. The number of carbonyl (C=O) groups excluding carboxylic acids is 1. The van der Waals surface area contributed by atoms with E-state index in [-0.39, 0.29) is 11.2 Å². The SMILES string of the molecule is [B]c1ccc(C(=O)OC)nc1F. The Morgan fingerprint density at radius 3 is 2.83 bits per heavy atom. The van der Waals surface area contributed by atoms with E-state index in [4.69, 9.17) is 7.85 Å². The number of aromatic nitrogens is 1. The third kappa shape index (κ3) is 1.61. The molecular weight excluding hydrogens is 160 g/mol. The molecular formula is C7H5BFNO2. The number of carbonyl (C=O) groups is 1. The van der Waals surface area contributed by atoms with Gasteiger partial charge in [-0.3, -0.25) is 0 Å². The Morgan fingerprint density at radius 2 is 2.33 bits per heavy atom. The normalized spacial score (nSPS) is 9.50. The highest BCUT2D eigenvalue weighted by Gasteiger charge is 2.08. The minimum absolute atomic E-state index is 0.0933. The van der Waals surface area contributed by atoms with Crippen LogP contribution in [0.15, 0.2) is 12.1 Å². The molecule has 0 fully saturated rings. The van der Waals surface area contributed by atoms with E-state index in [0.717, 1.165) is 0 Å². The van der Waals surface area contributed by atoms with Gasteiger partial charge in [0.2, 0.25) is 5.95 Å². The van der Waals surface area contributed by atoms with Crippen LogP contribution in [-0.4, -0.2) is 25.9 Å². The van der Waals surface area contributed by atoms with Crippen molar-refractivity contribution < 1.29 is 13.9 Å². The molecule has 0 aromatic carbocycles. The standard InChI is InChI=1S/C7H5BFNO2/c1-12-7(11)5-3-2-4(8)6(9)10-5/h2-3H,1H3. The summed E-state index contributed by atoms with van der Waals surface area (Å²) in [5, 5.41) is 0. The summed E-state index contributed by atoms with van der Waals surface area (Å²) in [7, 11) is 6.33. The lowest BCUT2D eigenvalue weighted by molar-refractivity contribution is 0.0593. The Morgan fingerprint density at radius 1 is 1.67 bits per heavy atom. The highest BCUT2D eigenvalue weighted by atomic mass is 19.1. The molecule has 12 heavy (non-hydrogen) atoms. The Labute approximate surface area is 70.0 Å². The van der Waals surface area contributed by atoms with Crippen LogP contribution in [0, 0.1) is 5.95 Å². The van der Waals surface area contributed by atoms with Gasteiger partial charge in [-0.2, -0.15) is 4.39 Å². The summed E-state index contributed by atoms with van der Waals surface area (Å²) in [4.78, 5) is 14.1. The fourth-order valence-electron chi connectivity index (χ4n) is 0.663. The highest BCUT2D eigenvalue weighted by molar-refractivity contribution is 6.32. The van der Waals surface area contributed by atoms with Crippen LogP contribution in [0.3, 0.4) is 0 Å². The van der Waals surface area contributed by atoms with E-state index in [1.165, 1.54) is 19.2 Å². The molecule has 1 heterocycles. The van der Waals surface area contributed by atoms with Gasteiger partial charge in [0.25, 0.3) is 0 Å². The molecule has 0 aliphatic carbocycles. The lowest BCUT2D eigenvalue weighted by Crippen LogP contribution is -2.14. The lowest BCUT2D eigenvalue weighted by atomic mass is 9.98. The zero-order valence-corrected chi connectivity index (χ0v) is 6.37. The molecule has 0 amide bonds. The number of halogens is 1. The van der Waals surface area contributed by atoms with Gasteiger partial charge in [-0.1, -0.05) is 6.07 Å². The first-order chi connectivity index (χ1) is 5.65. The van der Waals surface area contributed by atoms with Crippen LogP contribution < -0.4 is 5.46 Å². The molecule has 0 bridgehead atoms. The van der Waals surface area contributed by atoms with Gasteiger partial charge in [0, 0.05) is 0 Å². The maximum atomic E-state index is 12.6. The number of hydrogen-bond donors (Lipinski definition) is 0. The van der Waals surface area contributed by atoms with Gasteiger partial charge in [0.1, 0.15) is 7.85 Å². The van der Waals surface area contributed by atoms with E-state index in [9.17, 15) is 9.18 Å². The van der Waals surface area contributed by atoms with Crippen molar-refractivity contribution in [2.24, 2.45) is 0 Å². The maximum Gasteiger partial charge on any atom is 0.356 e. The minimum atomic E-state index is -0.863. The van der Waals surface area contributed by atoms with Gasteiger partial charge in [-0.05, 0) is 11.5 Å². The number of ether oxygens (including phenoxy) is 1. The second kappa shape index (κ2) is 3.34. The Bertz CT molecular complexity index is 316. The predicted octanol–water partition coefficient (Wildman–Crippen LogP) is -0.199. The average Bonchev–Trinajstić information content (AvgIpc) is 2.08. The van der Waals surface area contributed by atoms with Crippen molar-refractivity contribution in [1.29, 1.82) is 0 Å². The zero-order chi connectivity index (χ0) is 9.14. The number of hydrogen-bond acceptors (Lipinski definition) is 3. The fraction of sp³-hybridized carbons (Fsp3) is 0.143. The molecule has 1 rings (SSSR count). The molecule has 5 heteroatoms. The lowest BCUT2D eigenvalue weighted by Gasteiger charge is -1.99. The van der Waals surface area contributed by atoms with Crippen LogP contribution >= 0.6 is 0 Å². The zero-order valence-electron chi connectivity index (χ0n) is 6.37. The van der Waals surface area contributed by atoms with Crippen molar-refractivity contribution in [3.63, 3.8) is 0 Å². The van der Waals surface area contributed by atoms with E-state index >= 15 is 0 Å². The molecule has 0 saturated carbocycles. The minimum Gasteiger partial charge on any atom is -0.464 e. The molecule has 1 aromatic heterocycles. The molecule has 0 spiro atoms. The third-order valence-corrected chi connectivity index (χ3v) is 1.27. The highest BCUT2D eigenvalue weighted by Crippen LogP contribution is 1.96. The molecule has 0 aliphatic heterocycles. The van der Waals surface area contributed by atoms with E-state index in [1.54, 1.807) is 0 Å². The molecule has 60 valence electrons. The molecule has 0 unspecified atom stereocenters. The average molecular weight is 165 g/mol.